The van der Waals surface area contributed by atoms with E-state index < -0.39 is 0 Å². The van der Waals surface area contributed by atoms with Crippen LogP contribution in [0.2, 0.25) is 0 Å². The Balaban J connectivity index is 2.25. The molecule has 0 N–H and O–H groups in total. The fourth-order valence-corrected chi connectivity index (χ4v) is 2.24. The van der Waals surface area contributed by atoms with Gasteiger partial charge < -0.3 is 4.40 Å². The molecule has 3 rings (SSSR count). The van der Waals surface area contributed by atoms with Crippen molar-refractivity contribution < 1.29 is 0 Å². The van der Waals surface area contributed by atoms with Crippen molar-refractivity contribution in [1.29, 1.82) is 0 Å². The summed E-state index contributed by atoms with van der Waals surface area (Å²) in [5.74, 6) is 0.788. The molecule has 1 aliphatic rings. The zero-order valence-corrected chi connectivity index (χ0v) is 8.27. The van der Waals surface area contributed by atoms with Gasteiger partial charge in [-0.2, -0.15) is 0 Å². The topological polar surface area (TPSA) is 30.2 Å². The minimum atomic E-state index is 0.788. The molecule has 2 aromatic heterocycles. The van der Waals surface area contributed by atoms with Gasteiger partial charge in [-0.15, -0.1) is 0 Å². The monoisotopic (exact) mass is 187 g/mol. The van der Waals surface area contributed by atoms with Crippen LogP contribution in [0.15, 0.2) is 18.6 Å². The van der Waals surface area contributed by atoms with E-state index in [2.05, 4.69) is 21.3 Å². The lowest BCUT2D eigenvalue weighted by molar-refractivity contribution is 0.488. The average molecular weight is 187 g/mol. The molecule has 14 heavy (non-hydrogen) atoms. The van der Waals surface area contributed by atoms with Gasteiger partial charge in [-0.05, 0) is 25.2 Å². The second kappa shape index (κ2) is 2.80. The first kappa shape index (κ1) is 7.97. The van der Waals surface area contributed by atoms with E-state index in [1.807, 2.05) is 18.6 Å². The molecule has 2 heterocycles. The summed E-state index contributed by atoms with van der Waals surface area (Å²) in [6.07, 6.45) is 9.22. The molecule has 3 heteroatoms. The Kier molecular flexibility index (Phi) is 1.60. The molecule has 0 radical (unpaired) electrons. The lowest BCUT2D eigenvalue weighted by Crippen LogP contribution is -2.12. The summed E-state index contributed by atoms with van der Waals surface area (Å²) in [5, 5.41) is 0. The maximum absolute atomic E-state index is 4.59. The summed E-state index contributed by atoms with van der Waals surface area (Å²) in [6.45, 7) is 2.31. The summed E-state index contributed by atoms with van der Waals surface area (Å²) < 4.78 is 2.18. The Hall–Kier alpha value is -1.38. The Labute approximate surface area is 82.8 Å². The van der Waals surface area contributed by atoms with Gasteiger partial charge in [-0.25, -0.2) is 4.98 Å². The van der Waals surface area contributed by atoms with E-state index in [4.69, 9.17) is 0 Å². The van der Waals surface area contributed by atoms with Crippen molar-refractivity contribution in [2.75, 3.05) is 0 Å². The van der Waals surface area contributed by atoms with Crippen molar-refractivity contribution in [3.63, 3.8) is 0 Å². The second-order valence-electron chi connectivity index (χ2n) is 4.16. The number of aromatic nitrogens is 3. The lowest BCUT2D eigenvalue weighted by Gasteiger charge is -2.17. The highest BCUT2D eigenvalue weighted by Crippen LogP contribution is 2.25. The van der Waals surface area contributed by atoms with Crippen molar-refractivity contribution in [1.82, 2.24) is 14.4 Å². The molecule has 1 unspecified atom stereocenters. The summed E-state index contributed by atoms with van der Waals surface area (Å²) in [4.78, 5) is 8.68. The quantitative estimate of drug-likeness (QED) is 0.630. The minimum Gasteiger partial charge on any atom is -0.301 e. The number of rotatable bonds is 0. The van der Waals surface area contributed by atoms with E-state index in [1.165, 1.54) is 17.8 Å². The van der Waals surface area contributed by atoms with Gasteiger partial charge in [0.2, 0.25) is 0 Å². The molecule has 72 valence electrons. The van der Waals surface area contributed by atoms with Gasteiger partial charge in [0.15, 0.2) is 5.65 Å². The van der Waals surface area contributed by atoms with Crippen LogP contribution < -0.4 is 0 Å². The van der Waals surface area contributed by atoms with Crippen LogP contribution in [0.4, 0.5) is 0 Å². The first-order valence-electron chi connectivity index (χ1n) is 5.14. The van der Waals surface area contributed by atoms with Crippen LogP contribution in [0.25, 0.3) is 5.65 Å². The zero-order chi connectivity index (χ0) is 9.54. The molecule has 0 aromatic carbocycles. The van der Waals surface area contributed by atoms with Crippen LogP contribution in [0.5, 0.6) is 0 Å². The molecule has 0 fully saturated rings. The highest BCUT2D eigenvalue weighted by molar-refractivity contribution is 5.41. The Morgan fingerprint density at radius 1 is 1.50 bits per heavy atom. The predicted octanol–water partition coefficient (Wildman–Crippen LogP) is 1.85. The van der Waals surface area contributed by atoms with Crippen molar-refractivity contribution in [3.05, 3.63) is 30.0 Å². The van der Waals surface area contributed by atoms with E-state index in [9.17, 15) is 0 Å². The van der Waals surface area contributed by atoms with E-state index >= 15 is 0 Å². The number of nitrogens with zero attached hydrogens (tertiary/aromatic N) is 3. The maximum atomic E-state index is 4.59. The molecule has 1 aliphatic carbocycles. The van der Waals surface area contributed by atoms with Crippen LogP contribution >= 0.6 is 0 Å². The van der Waals surface area contributed by atoms with Gasteiger partial charge in [0.05, 0.1) is 11.9 Å². The fraction of sp³-hybridized carbons (Fsp3) is 0.455. The predicted molar refractivity (Wildman–Crippen MR) is 54.2 cm³/mol. The summed E-state index contributed by atoms with van der Waals surface area (Å²) in [6, 6.07) is 0. The molecular weight excluding hydrogens is 174 g/mol. The van der Waals surface area contributed by atoms with Gasteiger partial charge in [-0.1, -0.05) is 6.92 Å². The minimum absolute atomic E-state index is 0.788. The van der Waals surface area contributed by atoms with Crippen LogP contribution in [0.3, 0.4) is 0 Å². The van der Waals surface area contributed by atoms with Gasteiger partial charge >= 0.3 is 0 Å². The largest absolute Gasteiger partial charge is 0.301 e. The van der Waals surface area contributed by atoms with E-state index in [1.54, 1.807) is 0 Å². The first-order chi connectivity index (χ1) is 6.84. The molecule has 0 bridgehead atoms. The zero-order valence-electron chi connectivity index (χ0n) is 8.27. The normalized spacial score (nSPS) is 21.1. The molecule has 2 aromatic rings. The maximum Gasteiger partial charge on any atom is 0.155 e. The lowest BCUT2D eigenvalue weighted by atomic mass is 9.91. The molecule has 0 aliphatic heterocycles. The fourth-order valence-electron chi connectivity index (χ4n) is 2.24. The number of hydrogen-bond donors (Lipinski definition) is 0. The third kappa shape index (κ3) is 1.05. The number of hydrogen-bond acceptors (Lipinski definition) is 2. The highest BCUT2D eigenvalue weighted by atomic mass is 15.0. The molecular formula is C11H13N3. The molecule has 0 spiro atoms. The van der Waals surface area contributed by atoms with Crippen LogP contribution in [0, 0.1) is 5.92 Å². The first-order valence-corrected chi connectivity index (χ1v) is 5.14. The number of imidazole rings is 1. The third-order valence-electron chi connectivity index (χ3n) is 3.03. The van der Waals surface area contributed by atoms with Gasteiger partial charge in [0.1, 0.15) is 0 Å². The SMILES string of the molecule is CC1CCc2nc3cnccn3c2C1. The Morgan fingerprint density at radius 3 is 3.36 bits per heavy atom. The molecule has 0 saturated heterocycles. The number of fused-ring (bicyclic) bond motifs is 3. The smallest absolute Gasteiger partial charge is 0.155 e. The average Bonchev–Trinajstić information content (AvgIpc) is 2.56. The van der Waals surface area contributed by atoms with Crippen molar-refractivity contribution in [3.8, 4) is 0 Å². The highest BCUT2D eigenvalue weighted by Gasteiger charge is 2.19. The summed E-state index contributed by atoms with van der Waals surface area (Å²) >= 11 is 0. The standard InChI is InChI=1S/C11H13N3/c1-8-2-3-9-10(6-8)14-5-4-12-7-11(14)13-9/h4-5,7-8H,2-3,6H2,1H3. The van der Waals surface area contributed by atoms with Gasteiger partial charge in [0.25, 0.3) is 0 Å². The Bertz CT molecular complexity index is 472. The van der Waals surface area contributed by atoms with Crippen LogP contribution in [0.1, 0.15) is 24.7 Å². The third-order valence-corrected chi connectivity index (χ3v) is 3.03. The Morgan fingerprint density at radius 2 is 2.43 bits per heavy atom. The molecule has 0 amide bonds. The van der Waals surface area contributed by atoms with E-state index in [-0.39, 0.29) is 0 Å². The second-order valence-corrected chi connectivity index (χ2v) is 4.16. The summed E-state index contributed by atoms with van der Waals surface area (Å²) in [5.41, 5.74) is 3.66. The number of aryl methyl sites for hydroxylation is 1. The van der Waals surface area contributed by atoms with E-state index in [0.29, 0.717) is 0 Å². The van der Waals surface area contributed by atoms with Crippen molar-refractivity contribution in [2.24, 2.45) is 5.92 Å². The van der Waals surface area contributed by atoms with E-state index in [0.717, 1.165) is 24.4 Å². The van der Waals surface area contributed by atoms with Gasteiger partial charge in [0, 0.05) is 18.1 Å². The molecule has 0 saturated carbocycles. The van der Waals surface area contributed by atoms with Gasteiger partial charge in [-0.3, -0.25) is 4.98 Å². The molecule has 3 nitrogen and oxygen atoms in total. The van der Waals surface area contributed by atoms with Crippen molar-refractivity contribution in [2.45, 2.75) is 26.2 Å². The molecule has 1 atom stereocenters. The van der Waals surface area contributed by atoms with Crippen LogP contribution in [-0.4, -0.2) is 14.4 Å². The van der Waals surface area contributed by atoms with Crippen molar-refractivity contribution >= 4 is 5.65 Å². The van der Waals surface area contributed by atoms with Crippen LogP contribution in [-0.2, 0) is 12.8 Å². The summed E-state index contributed by atoms with van der Waals surface area (Å²) in [7, 11) is 0.